The number of aryl methyl sites for hydroxylation is 1. The Hall–Kier alpha value is -1.35. The molecule has 16 heavy (non-hydrogen) atoms. The molecule has 2 rings (SSSR count). The van der Waals surface area contributed by atoms with Crippen molar-refractivity contribution >= 4 is 26.4 Å². The van der Waals surface area contributed by atoms with Crippen molar-refractivity contribution in [2.24, 2.45) is 0 Å². The molecule has 82 valence electrons. The minimum Gasteiger partial charge on any atom is -0.478 e. The van der Waals surface area contributed by atoms with Crippen LogP contribution >= 0.6 is 15.9 Å². The number of fused-ring (bicyclic) bond motifs is 1. The van der Waals surface area contributed by atoms with Crippen LogP contribution in [0.1, 0.15) is 17.5 Å². The van der Waals surface area contributed by atoms with E-state index >= 15 is 0 Å². The maximum Gasteiger partial charge on any atom is 0.328 e. The number of rotatable bonds is 2. The molecule has 2 nitrogen and oxygen atoms in total. The van der Waals surface area contributed by atoms with E-state index in [2.05, 4.69) is 22.0 Å². The Labute approximate surface area is 102 Å². The van der Waals surface area contributed by atoms with Crippen LogP contribution in [0.15, 0.2) is 42.0 Å². The Kier molecular flexibility index (Phi) is 3.25. The summed E-state index contributed by atoms with van der Waals surface area (Å²) >= 11 is 3.54. The topological polar surface area (TPSA) is 37.3 Å². The molecule has 1 aliphatic carbocycles. The van der Waals surface area contributed by atoms with Crippen molar-refractivity contribution in [3.8, 4) is 0 Å². The number of carboxylic acids is 1. The van der Waals surface area contributed by atoms with Crippen LogP contribution < -0.4 is 0 Å². The second-order valence-corrected chi connectivity index (χ2v) is 4.46. The second-order valence-electron chi connectivity index (χ2n) is 3.67. The molecule has 0 radical (unpaired) electrons. The molecule has 0 aromatic heterocycles. The van der Waals surface area contributed by atoms with E-state index in [9.17, 15) is 4.79 Å². The number of halogens is 1. The van der Waals surface area contributed by atoms with Crippen molar-refractivity contribution in [1.29, 1.82) is 0 Å². The van der Waals surface area contributed by atoms with Gasteiger partial charge in [0.1, 0.15) is 0 Å². The first-order chi connectivity index (χ1) is 7.68. The van der Waals surface area contributed by atoms with Gasteiger partial charge in [-0.3, -0.25) is 0 Å². The molecular weight excluding hydrogens is 268 g/mol. The minimum absolute atomic E-state index is 0.876. The van der Waals surface area contributed by atoms with Gasteiger partial charge in [-0.15, -0.1) is 0 Å². The molecule has 0 aliphatic heterocycles. The van der Waals surface area contributed by atoms with E-state index in [4.69, 9.17) is 5.11 Å². The molecule has 0 saturated carbocycles. The lowest BCUT2D eigenvalue weighted by Crippen LogP contribution is -2.01. The lowest BCUT2D eigenvalue weighted by Gasteiger charge is -2.17. The van der Waals surface area contributed by atoms with Crippen molar-refractivity contribution < 1.29 is 9.90 Å². The number of allylic oxidation sites excluding steroid dienone is 2. The van der Waals surface area contributed by atoms with Gasteiger partial charge in [0.25, 0.3) is 0 Å². The monoisotopic (exact) mass is 278 g/mol. The Morgan fingerprint density at radius 2 is 2.06 bits per heavy atom. The zero-order valence-electron chi connectivity index (χ0n) is 8.61. The maximum atomic E-state index is 10.5. The summed E-state index contributed by atoms with van der Waals surface area (Å²) < 4.78 is 1.01. The first-order valence-corrected chi connectivity index (χ1v) is 5.85. The van der Waals surface area contributed by atoms with Crippen LogP contribution in [-0.4, -0.2) is 11.1 Å². The van der Waals surface area contributed by atoms with Crippen molar-refractivity contribution in [2.45, 2.75) is 12.8 Å². The fourth-order valence-corrected chi connectivity index (χ4v) is 2.55. The smallest absolute Gasteiger partial charge is 0.328 e. The van der Waals surface area contributed by atoms with E-state index in [0.717, 1.165) is 22.9 Å². The molecule has 1 aliphatic rings. The summed E-state index contributed by atoms with van der Waals surface area (Å²) in [5.41, 5.74) is 3.52. The number of hydrogen-bond acceptors (Lipinski definition) is 1. The second kappa shape index (κ2) is 4.66. The highest BCUT2D eigenvalue weighted by Crippen LogP contribution is 2.35. The molecule has 1 aromatic carbocycles. The van der Waals surface area contributed by atoms with Gasteiger partial charge in [0.15, 0.2) is 0 Å². The van der Waals surface area contributed by atoms with Gasteiger partial charge < -0.3 is 5.11 Å². The number of benzene rings is 1. The molecule has 0 heterocycles. The Balaban J connectivity index is 2.39. The predicted octanol–water partition coefficient (Wildman–Crippen LogP) is 3.38. The molecule has 3 heteroatoms. The quantitative estimate of drug-likeness (QED) is 0.843. The summed E-state index contributed by atoms with van der Waals surface area (Å²) in [4.78, 5) is 10.5. The van der Waals surface area contributed by atoms with Gasteiger partial charge in [0, 0.05) is 10.6 Å². The van der Waals surface area contributed by atoms with Gasteiger partial charge in [-0.25, -0.2) is 4.79 Å². The third kappa shape index (κ3) is 2.25. The minimum atomic E-state index is -0.911. The zero-order chi connectivity index (χ0) is 11.5. The maximum absolute atomic E-state index is 10.5. The third-order valence-corrected chi connectivity index (χ3v) is 3.56. The predicted molar refractivity (Wildman–Crippen MR) is 67.4 cm³/mol. The number of aliphatic carboxylic acids is 1. The fourth-order valence-electron chi connectivity index (χ4n) is 1.83. The van der Waals surface area contributed by atoms with Crippen LogP contribution in [0.2, 0.25) is 0 Å². The van der Waals surface area contributed by atoms with Gasteiger partial charge in [0.2, 0.25) is 0 Å². The lowest BCUT2D eigenvalue weighted by molar-refractivity contribution is -0.131. The highest BCUT2D eigenvalue weighted by molar-refractivity contribution is 9.15. The van der Waals surface area contributed by atoms with E-state index in [0.29, 0.717) is 0 Å². The fraction of sp³-hybridized carbons (Fsp3) is 0.154. The van der Waals surface area contributed by atoms with E-state index in [1.165, 1.54) is 17.2 Å². The highest BCUT2D eigenvalue weighted by Gasteiger charge is 2.14. The van der Waals surface area contributed by atoms with Crippen molar-refractivity contribution in [1.82, 2.24) is 0 Å². The lowest BCUT2D eigenvalue weighted by atomic mass is 9.92. The van der Waals surface area contributed by atoms with E-state index in [1.807, 2.05) is 18.2 Å². The average Bonchev–Trinajstić information content (AvgIpc) is 2.28. The summed E-state index contributed by atoms with van der Waals surface area (Å²) in [6, 6.07) is 8.17. The number of carboxylic acid groups (broad SMARTS) is 1. The number of hydrogen-bond donors (Lipinski definition) is 1. The van der Waals surface area contributed by atoms with E-state index in [1.54, 1.807) is 6.08 Å². The Morgan fingerprint density at radius 3 is 2.81 bits per heavy atom. The van der Waals surface area contributed by atoms with Gasteiger partial charge in [-0.1, -0.05) is 30.3 Å². The van der Waals surface area contributed by atoms with Crippen LogP contribution in [0, 0.1) is 0 Å². The average molecular weight is 279 g/mol. The van der Waals surface area contributed by atoms with E-state index in [-0.39, 0.29) is 0 Å². The molecule has 0 fully saturated rings. The number of carbonyl (C=O) groups is 1. The largest absolute Gasteiger partial charge is 0.478 e. The van der Waals surface area contributed by atoms with E-state index < -0.39 is 5.97 Å². The Morgan fingerprint density at radius 1 is 1.31 bits per heavy atom. The molecule has 1 aromatic rings. The molecule has 0 amide bonds. The van der Waals surface area contributed by atoms with Crippen LogP contribution in [0.4, 0.5) is 0 Å². The molecular formula is C13H11BrO2. The third-order valence-electron chi connectivity index (χ3n) is 2.63. The Bertz CT molecular complexity index is 486. The summed E-state index contributed by atoms with van der Waals surface area (Å²) in [6.07, 6.45) is 4.69. The molecule has 0 atom stereocenters. The zero-order valence-corrected chi connectivity index (χ0v) is 10.2. The standard InChI is InChI=1S/C13H11BrO2/c14-13-10(7-8-12(15)16)6-5-9-3-1-2-4-11(9)13/h1-4,7-8H,5-6H2,(H,15,16). The first kappa shape index (κ1) is 11.1. The van der Waals surface area contributed by atoms with Crippen LogP contribution in [0.25, 0.3) is 4.48 Å². The van der Waals surface area contributed by atoms with Gasteiger partial charge in [0.05, 0.1) is 0 Å². The molecule has 1 N–H and O–H groups in total. The molecule has 0 bridgehead atoms. The normalized spacial score (nSPS) is 15.3. The first-order valence-electron chi connectivity index (χ1n) is 5.06. The van der Waals surface area contributed by atoms with Crippen molar-refractivity contribution in [2.75, 3.05) is 0 Å². The van der Waals surface area contributed by atoms with Crippen molar-refractivity contribution in [3.63, 3.8) is 0 Å². The summed E-state index contributed by atoms with van der Waals surface area (Å²) in [5, 5.41) is 8.60. The van der Waals surface area contributed by atoms with Crippen LogP contribution in [0.5, 0.6) is 0 Å². The summed E-state index contributed by atoms with van der Waals surface area (Å²) in [6.45, 7) is 0. The molecule has 0 spiro atoms. The summed E-state index contributed by atoms with van der Waals surface area (Å²) in [5.74, 6) is -0.911. The van der Waals surface area contributed by atoms with Gasteiger partial charge in [-0.2, -0.15) is 0 Å². The molecule has 0 unspecified atom stereocenters. The highest BCUT2D eigenvalue weighted by atomic mass is 79.9. The van der Waals surface area contributed by atoms with Crippen LogP contribution in [-0.2, 0) is 11.2 Å². The summed E-state index contributed by atoms with van der Waals surface area (Å²) in [7, 11) is 0. The van der Waals surface area contributed by atoms with Gasteiger partial charge in [-0.05, 0) is 45.5 Å². The van der Waals surface area contributed by atoms with Gasteiger partial charge >= 0.3 is 5.97 Å². The molecule has 0 saturated heterocycles. The SMILES string of the molecule is O=C(O)C=CC1=C(Br)c2ccccc2CC1. The van der Waals surface area contributed by atoms with Crippen molar-refractivity contribution in [3.05, 3.63) is 53.1 Å². The van der Waals surface area contributed by atoms with Crippen LogP contribution in [0.3, 0.4) is 0 Å².